The molecule has 1 aromatic rings. The van der Waals surface area contributed by atoms with E-state index < -0.39 is 16.6 Å². The van der Waals surface area contributed by atoms with Crippen LogP contribution in [-0.4, -0.2) is 46.9 Å². The van der Waals surface area contributed by atoms with Gasteiger partial charge >= 0.3 is 6.61 Å². The summed E-state index contributed by atoms with van der Waals surface area (Å²) in [6.07, 6.45) is 1.68. The van der Waals surface area contributed by atoms with Gasteiger partial charge in [0.15, 0.2) is 5.96 Å². The van der Waals surface area contributed by atoms with Gasteiger partial charge in [-0.25, -0.2) is 18.1 Å². The first-order valence-electron chi connectivity index (χ1n) is 8.22. The number of aryl methyl sites for hydroxylation is 1. The number of alkyl halides is 2. The van der Waals surface area contributed by atoms with Crippen molar-refractivity contribution in [1.82, 2.24) is 15.4 Å². The second-order valence-electron chi connectivity index (χ2n) is 5.63. The SMILES string of the molecule is CCNC(=NCc1cc(C)ccc1OC(F)F)NCCCNS(C)(=O)=O. The highest BCUT2D eigenvalue weighted by Crippen LogP contribution is 2.22. The van der Waals surface area contributed by atoms with E-state index in [9.17, 15) is 17.2 Å². The average Bonchev–Trinajstić information content (AvgIpc) is 2.53. The summed E-state index contributed by atoms with van der Waals surface area (Å²) in [7, 11) is -3.20. The predicted octanol–water partition coefficient (Wildman–Crippen LogP) is 1.59. The van der Waals surface area contributed by atoms with Crippen molar-refractivity contribution in [3.63, 3.8) is 0 Å². The molecule has 0 spiro atoms. The standard InChI is InChI=1S/C16H26F2N4O3S/c1-4-19-16(20-8-5-9-22-26(3,23)24)21-11-13-10-12(2)6-7-14(13)25-15(17)18/h6-7,10,15,22H,4-5,8-9,11H2,1-3H3,(H2,19,20,21). The normalized spacial score (nSPS) is 12.3. The van der Waals surface area contributed by atoms with Crippen molar-refractivity contribution in [2.75, 3.05) is 25.9 Å². The Morgan fingerprint density at radius 2 is 2.00 bits per heavy atom. The van der Waals surface area contributed by atoms with Gasteiger partial charge in [0.1, 0.15) is 5.75 Å². The van der Waals surface area contributed by atoms with E-state index in [1.54, 1.807) is 12.1 Å². The zero-order valence-corrected chi connectivity index (χ0v) is 16.0. The fraction of sp³-hybridized carbons (Fsp3) is 0.562. The van der Waals surface area contributed by atoms with Gasteiger partial charge in [0, 0.05) is 25.2 Å². The van der Waals surface area contributed by atoms with Crippen molar-refractivity contribution in [1.29, 1.82) is 0 Å². The number of aliphatic imine (C=N–C) groups is 1. The molecule has 0 aliphatic rings. The molecule has 1 aromatic carbocycles. The first-order chi connectivity index (χ1) is 12.2. The van der Waals surface area contributed by atoms with Gasteiger partial charge in [0.05, 0.1) is 12.8 Å². The number of ether oxygens (including phenoxy) is 1. The monoisotopic (exact) mass is 392 g/mol. The summed E-state index contributed by atoms with van der Waals surface area (Å²) < 4.78 is 53.9. The second kappa shape index (κ2) is 10.9. The van der Waals surface area contributed by atoms with Gasteiger partial charge in [-0.05, 0) is 26.3 Å². The fourth-order valence-corrected chi connectivity index (χ4v) is 2.62. The lowest BCUT2D eigenvalue weighted by Gasteiger charge is -2.13. The third-order valence-corrected chi connectivity index (χ3v) is 3.92. The molecule has 3 N–H and O–H groups in total. The summed E-state index contributed by atoms with van der Waals surface area (Å²) in [6, 6.07) is 4.95. The van der Waals surface area contributed by atoms with Gasteiger partial charge in [0.25, 0.3) is 0 Å². The summed E-state index contributed by atoms with van der Waals surface area (Å²) in [5.41, 5.74) is 1.47. The van der Waals surface area contributed by atoms with Gasteiger partial charge in [-0.15, -0.1) is 0 Å². The van der Waals surface area contributed by atoms with Crippen LogP contribution in [-0.2, 0) is 16.6 Å². The number of nitrogens with zero attached hydrogens (tertiary/aromatic N) is 1. The molecule has 1 rings (SSSR count). The van der Waals surface area contributed by atoms with Crippen LogP contribution in [0.5, 0.6) is 5.75 Å². The number of guanidine groups is 1. The minimum absolute atomic E-state index is 0.0996. The van der Waals surface area contributed by atoms with Crippen LogP contribution in [0.4, 0.5) is 8.78 Å². The highest BCUT2D eigenvalue weighted by molar-refractivity contribution is 7.88. The highest BCUT2D eigenvalue weighted by Gasteiger charge is 2.10. The Morgan fingerprint density at radius 3 is 2.62 bits per heavy atom. The molecule has 0 unspecified atom stereocenters. The third-order valence-electron chi connectivity index (χ3n) is 3.19. The van der Waals surface area contributed by atoms with Crippen LogP contribution in [0.1, 0.15) is 24.5 Å². The molecule has 0 bridgehead atoms. The molecule has 0 fully saturated rings. The van der Waals surface area contributed by atoms with Crippen LogP contribution >= 0.6 is 0 Å². The van der Waals surface area contributed by atoms with Crippen molar-refractivity contribution in [2.45, 2.75) is 33.4 Å². The van der Waals surface area contributed by atoms with Gasteiger partial charge in [-0.2, -0.15) is 8.78 Å². The number of hydrogen-bond donors (Lipinski definition) is 3. The highest BCUT2D eigenvalue weighted by atomic mass is 32.2. The van der Waals surface area contributed by atoms with Crippen LogP contribution in [0.3, 0.4) is 0 Å². The lowest BCUT2D eigenvalue weighted by atomic mass is 10.1. The Balaban J connectivity index is 2.67. The second-order valence-corrected chi connectivity index (χ2v) is 7.46. The molecule has 0 aliphatic heterocycles. The number of hydrogen-bond acceptors (Lipinski definition) is 4. The number of nitrogens with one attached hydrogen (secondary N) is 3. The minimum atomic E-state index is -3.20. The van der Waals surface area contributed by atoms with Crippen molar-refractivity contribution in [2.24, 2.45) is 4.99 Å². The van der Waals surface area contributed by atoms with Gasteiger partial charge in [0.2, 0.25) is 10.0 Å². The van der Waals surface area contributed by atoms with Crippen LogP contribution in [0.15, 0.2) is 23.2 Å². The van der Waals surface area contributed by atoms with Crippen LogP contribution in [0.25, 0.3) is 0 Å². The summed E-state index contributed by atoms with van der Waals surface area (Å²) in [6.45, 7) is 2.48. The molecule has 26 heavy (non-hydrogen) atoms. The van der Waals surface area contributed by atoms with Crippen molar-refractivity contribution in [3.05, 3.63) is 29.3 Å². The minimum Gasteiger partial charge on any atom is -0.434 e. The maximum Gasteiger partial charge on any atom is 0.387 e. The van der Waals surface area contributed by atoms with Crippen molar-refractivity contribution >= 4 is 16.0 Å². The largest absolute Gasteiger partial charge is 0.434 e. The van der Waals surface area contributed by atoms with Gasteiger partial charge in [-0.1, -0.05) is 17.7 Å². The van der Waals surface area contributed by atoms with E-state index in [0.717, 1.165) is 11.8 Å². The Hall–Kier alpha value is -1.94. The number of sulfonamides is 1. The van der Waals surface area contributed by atoms with Gasteiger partial charge < -0.3 is 15.4 Å². The van der Waals surface area contributed by atoms with E-state index in [1.165, 1.54) is 6.07 Å². The molecule has 0 atom stereocenters. The smallest absolute Gasteiger partial charge is 0.387 e. The molecule has 0 saturated heterocycles. The number of benzene rings is 1. The van der Waals surface area contributed by atoms with E-state index >= 15 is 0 Å². The molecule has 0 amide bonds. The van der Waals surface area contributed by atoms with Gasteiger partial charge in [-0.3, -0.25) is 0 Å². The lowest BCUT2D eigenvalue weighted by Crippen LogP contribution is -2.38. The van der Waals surface area contributed by atoms with Crippen LogP contribution < -0.4 is 20.1 Å². The number of rotatable bonds is 10. The van der Waals surface area contributed by atoms with E-state index in [1.807, 2.05) is 13.8 Å². The van der Waals surface area contributed by atoms with Crippen LogP contribution in [0, 0.1) is 6.92 Å². The van der Waals surface area contributed by atoms with Crippen molar-refractivity contribution < 1.29 is 21.9 Å². The quantitative estimate of drug-likeness (QED) is 0.320. The number of halogens is 2. The fourth-order valence-electron chi connectivity index (χ4n) is 2.10. The Morgan fingerprint density at radius 1 is 1.27 bits per heavy atom. The molecule has 0 saturated carbocycles. The Labute approximate surface area is 153 Å². The molecular weight excluding hydrogens is 366 g/mol. The molecule has 7 nitrogen and oxygen atoms in total. The van der Waals surface area contributed by atoms with Crippen LogP contribution in [0.2, 0.25) is 0 Å². The summed E-state index contributed by atoms with van der Waals surface area (Å²) in [5.74, 6) is 0.610. The molecule has 148 valence electrons. The molecule has 0 heterocycles. The Bertz CT molecular complexity index is 697. The first-order valence-corrected chi connectivity index (χ1v) is 10.1. The zero-order chi connectivity index (χ0) is 19.6. The van der Waals surface area contributed by atoms with E-state index in [4.69, 9.17) is 0 Å². The third kappa shape index (κ3) is 9.52. The predicted molar refractivity (Wildman–Crippen MR) is 98.1 cm³/mol. The van der Waals surface area contributed by atoms with E-state index in [-0.39, 0.29) is 12.3 Å². The maximum absolute atomic E-state index is 12.5. The Kier molecular flexibility index (Phi) is 9.28. The summed E-state index contributed by atoms with van der Waals surface area (Å²) in [4.78, 5) is 4.37. The maximum atomic E-state index is 12.5. The zero-order valence-electron chi connectivity index (χ0n) is 15.2. The summed E-state index contributed by atoms with van der Waals surface area (Å²) in [5, 5.41) is 6.11. The molecule has 10 heteroatoms. The molecular formula is C16H26F2N4O3S. The van der Waals surface area contributed by atoms with E-state index in [0.29, 0.717) is 37.6 Å². The molecule has 0 radical (unpaired) electrons. The average molecular weight is 392 g/mol. The first kappa shape index (κ1) is 22.1. The van der Waals surface area contributed by atoms with Crippen molar-refractivity contribution in [3.8, 4) is 5.75 Å². The topological polar surface area (TPSA) is 91.8 Å². The van der Waals surface area contributed by atoms with E-state index in [2.05, 4.69) is 25.1 Å². The molecule has 0 aromatic heterocycles. The summed E-state index contributed by atoms with van der Waals surface area (Å²) >= 11 is 0. The molecule has 0 aliphatic carbocycles. The lowest BCUT2D eigenvalue weighted by molar-refractivity contribution is -0.0504.